The maximum absolute atomic E-state index is 13.6. The largest absolute Gasteiger partial charge is 0.464 e. The van der Waals surface area contributed by atoms with Gasteiger partial charge in [0, 0.05) is 25.8 Å². The number of hydrogen-bond acceptors (Lipinski definition) is 6. The van der Waals surface area contributed by atoms with Gasteiger partial charge in [-0.2, -0.15) is 0 Å². The van der Waals surface area contributed by atoms with Crippen molar-refractivity contribution in [2.45, 2.75) is 70.5 Å². The van der Waals surface area contributed by atoms with E-state index >= 15 is 0 Å². The molecule has 0 fully saturated rings. The summed E-state index contributed by atoms with van der Waals surface area (Å²) in [5.41, 5.74) is 4.22. The van der Waals surface area contributed by atoms with Crippen molar-refractivity contribution in [2.75, 3.05) is 6.61 Å². The Morgan fingerprint density at radius 1 is 0.946 bits per heavy atom. The summed E-state index contributed by atoms with van der Waals surface area (Å²) >= 11 is 0. The summed E-state index contributed by atoms with van der Waals surface area (Å²) in [6.45, 7) is 2.21. The first-order valence-electron chi connectivity index (χ1n) is 12.8. The van der Waals surface area contributed by atoms with Crippen molar-refractivity contribution in [1.29, 1.82) is 0 Å². The standard InChI is InChI=1S/C28H35N3O6/c1-2-37-28(35)26(20-12-6-5-7-13-20)29-27(34)23-18-21-14-10-11-15-22(21)19-31(23)25(33)17-9-4-3-8-16-24(32)30-36/h5-7,10-15,23,26,36H,2-4,8-9,16-19H2,1H3,(H,29,34)(H,30,32)/t23?,26-/m0/s1. The number of fused-ring (bicyclic) bond motifs is 1. The van der Waals surface area contributed by atoms with Gasteiger partial charge in [-0.3, -0.25) is 19.6 Å². The fraction of sp³-hybridized carbons (Fsp3) is 0.429. The van der Waals surface area contributed by atoms with Crippen LogP contribution in [0.2, 0.25) is 0 Å². The number of carbonyl (C=O) groups excluding carboxylic acids is 4. The highest BCUT2D eigenvalue weighted by molar-refractivity contribution is 5.92. The number of unbranched alkanes of at least 4 members (excludes halogenated alkanes) is 3. The second kappa shape index (κ2) is 14.1. The summed E-state index contributed by atoms with van der Waals surface area (Å²) in [6.07, 6.45) is 3.63. The van der Waals surface area contributed by atoms with E-state index in [1.165, 1.54) is 0 Å². The molecule has 3 rings (SSSR count). The first-order chi connectivity index (χ1) is 17.9. The SMILES string of the molecule is CCOC(=O)[C@@H](NC(=O)C1Cc2ccccc2CN1C(=O)CCCCCCC(=O)NO)c1ccccc1. The lowest BCUT2D eigenvalue weighted by Crippen LogP contribution is -2.53. The molecule has 9 nitrogen and oxygen atoms in total. The van der Waals surface area contributed by atoms with Crippen molar-refractivity contribution in [1.82, 2.24) is 15.7 Å². The van der Waals surface area contributed by atoms with Gasteiger partial charge in [0.2, 0.25) is 17.7 Å². The zero-order valence-corrected chi connectivity index (χ0v) is 21.2. The van der Waals surface area contributed by atoms with Crippen LogP contribution >= 0.6 is 0 Å². The molecule has 0 saturated heterocycles. The molecule has 1 heterocycles. The molecule has 1 unspecified atom stereocenters. The minimum absolute atomic E-state index is 0.129. The van der Waals surface area contributed by atoms with Crippen LogP contribution in [0.25, 0.3) is 0 Å². The minimum Gasteiger partial charge on any atom is -0.464 e. The van der Waals surface area contributed by atoms with Gasteiger partial charge in [0.25, 0.3) is 0 Å². The van der Waals surface area contributed by atoms with Crippen LogP contribution in [-0.2, 0) is 36.9 Å². The van der Waals surface area contributed by atoms with Crippen molar-refractivity contribution in [3.8, 4) is 0 Å². The van der Waals surface area contributed by atoms with Crippen LogP contribution in [-0.4, -0.2) is 46.4 Å². The maximum Gasteiger partial charge on any atom is 0.333 e. The van der Waals surface area contributed by atoms with E-state index in [1.807, 2.05) is 30.3 Å². The van der Waals surface area contributed by atoms with Gasteiger partial charge in [-0.15, -0.1) is 0 Å². The van der Waals surface area contributed by atoms with Crippen molar-refractivity contribution in [3.05, 3.63) is 71.3 Å². The predicted molar refractivity (Wildman–Crippen MR) is 136 cm³/mol. The average Bonchev–Trinajstić information content (AvgIpc) is 2.92. The number of nitrogens with one attached hydrogen (secondary N) is 2. The number of benzene rings is 2. The first kappa shape index (κ1) is 27.9. The van der Waals surface area contributed by atoms with Gasteiger partial charge in [-0.25, -0.2) is 10.3 Å². The van der Waals surface area contributed by atoms with Gasteiger partial charge in [0.1, 0.15) is 6.04 Å². The molecule has 3 amide bonds. The van der Waals surface area contributed by atoms with E-state index in [-0.39, 0.29) is 25.4 Å². The topological polar surface area (TPSA) is 125 Å². The second-order valence-corrected chi connectivity index (χ2v) is 9.06. The Labute approximate surface area is 217 Å². The maximum atomic E-state index is 13.6. The van der Waals surface area contributed by atoms with E-state index in [9.17, 15) is 19.2 Å². The molecule has 198 valence electrons. The predicted octanol–water partition coefficient (Wildman–Crippen LogP) is 3.21. The number of hydroxylamine groups is 1. The molecule has 2 atom stereocenters. The Kier molecular flexibility index (Phi) is 10.6. The van der Waals surface area contributed by atoms with Gasteiger partial charge < -0.3 is 15.0 Å². The van der Waals surface area contributed by atoms with Crippen LogP contribution in [0.4, 0.5) is 0 Å². The number of carbonyl (C=O) groups is 4. The van der Waals surface area contributed by atoms with E-state index in [0.29, 0.717) is 31.4 Å². The summed E-state index contributed by atoms with van der Waals surface area (Å²) in [6, 6.07) is 14.9. The average molecular weight is 510 g/mol. The third-order valence-electron chi connectivity index (χ3n) is 6.48. The highest BCUT2D eigenvalue weighted by atomic mass is 16.5. The van der Waals surface area contributed by atoms with E-state index in [4.69, 9.17) is 9.94 Å². The number of ether oxygens (including phenoxy) is 1. The van der Waals surface area contributed by atoms with E-state index in [0.717, 1.165) is 24.0 Å². The van der Waals surface area contributed by atoms with Gasteiger partial charge in [0.15, 0.2) is 6.04 Å². The molecule has 0 saturated carbocycles. The lowest BCUT2D eigenvalue weighted by Gasteiger charge is -2.36. The van der Waals surface area contributed by atoms with Crippen molar-refractivity contribution < 1.29 is 29.1 Å². The molecule has 2 aromatic carbocycles. The Balaban J connectivity index is 1.70. The molecule has 0 bridgehead atoms. The van der Waals surface area contributed by atoms with Crippen molar-refractivity contribution in [2.24, 2.45) is 0 Å². The zero-order valence-electron chi connectivity index (χ0n) is 21.2. The van der Waals surface area contributed by atoms with Gasteiger partial charge in [-0.05, 0) is 36.5 Å². The number of esters is 1. The van der Waals surface area contributed by atoms with Gasteiger partial charge in [0.05, 0.1) is 6.61 Å². The summed E-state index contributed by atoms with van der Waals surface area (Å²) in [7, 11) is 0. The normalized spacial score (nSPS) is 15.3. The smallest absolute Gasteiger partial charge is 0.333 e. The van der Waals surface area contributed by atoms with Crippen LogP contribution in [0.3, 0.4) is 0 Å². The van der Waals surface area contributed by atoms with Gasteiger partial charge in [-0.1, -0.05) is 67.4 Å². The van der Waals surface area contributed by atoms with Crippen LogP contribution in [0, 0.1) is 0 Å². The Morgan fingerprint density at radius 2 is 1.59 bits per heavy atom. The summed E-state index contributed by atoms with van der Waals surface area (Å²) < 4.78 is 5.21. The van der Waals surface area contributed by atoms with E-state index in [2.05, 4.69) is 5.32 Å². The first-order valence-corrected chi connectivity index (χ1v) is 12.8. The van der Waals surface area contributed by atoms with Gasteiger partial charge >= 0.3 is 5.97 Å². The number of amides is 3. The Morgan fingerprint density at radius 3 is 2.27 bits per heavy atom. The number of hydrogen-bond donors (Lipinski definition) is 3. The molecule has 9 heteroatoms. The highest BCUT2D eigenvalue weighted by Gasteiger charge is 2.36. The summed E-state index contributed by atoms with van der Waals surface area (Å²) in [5, 5.41) is 11.4. The minimum atomic E-state index is -0.973. The highest BCUT2D eigenvalue weighted by Crippen LogP contribution is 2.26. The van der Waals surface area contributed by atoms with E-state index < -0.39 is 29.9 Å². The molecule has 0 aromatic heterocycles. The molecule has 0 radical (unpaired) electrons. The molecule has 1 aliphatic rings. The fourth-order valence-corrected chi connectivity index (χ4v) is 4.52. The molecule has 1 aliphatic heterocycles. The Bertz CT molecular complexity index is 1070. The molecule has 37 heavy (non-hydrogen) atoms. The lowest BCUT2D eigenvalue weighted by atomic mass is 9.92. The molecule has 0 spiro atoms. The second-order valence-electron chi connectivity index (χ2n) is 9.06. The summed E-state index contributed by atoms with van der Waals surface area (Å²) in [5.74, 6) is -1.51. The molecular weight excluding hydrogens is 474 g/mol. The molecule has 2 aromatic rings. The lowest BCUT2D eigenvalue weighted by molar-refractivity contribution is -0.149. The molecular formula is C28H35N3O6. The Hall–Kier alpha value is -3.72. The van der Waals surface area contributed by atoms with Crippen molar-refractivity contribution >= 4 is 23.7 Å². The van der Waals surface area contributed by atoms with Crippen LogP contribution in [0.5, 0.6) is 0 Å². The number of nitrogens with zero attached hydrogens (tertiary/aromatic N) is 1. The summed E-state index contributed by atoms with van der Waals surface area (Å²) in [4.78, 5) is 52.2. The third kappa shape index (κ3) is 7.88. The fourth-order valence-electron chi connectivity index (χ4n) is 4.52. The zero-order chi connectivity index (χ0) is 26.6. The molecule has 3 N–H and O–H groups in total. The van der Waals surface area contributed by atoms with Crippen LogP contribution in [0.1, 0.15) is 68.2 Å². The molecule has 0 aliphatic carbocycles. The third-order valence-corrected chi connectivity index (χ3v) is 6.48. The quantitative estimate of drug-likeness (QED) is 0.175. The van der Waals surface area contributed by atoms with Crippen LogP contribution < -0.4 is 10.8 Å². The monoisotopic (exact) mass is 509 g/mol. The van der Waals surface area contributed by atoms with Crippen molar-refractivity contribution in [3.63, 3.8) is 0 Å². The van der Waals surface area contributed by atoms with Crippen LogP contribution in [0.15, 0.2) is 54.6 Å². The number of rotatable bonds is 12. The van der Waals surface area contributed by atoms with E-state index in [1.54, 1.807) is 41.6 Å².